The number of nitrogens with one attached hydrogen (secondary N) is 1. The van der Waals surface area contributed by atoms with Gasteiger partial charge in [-0.05, 0) is 89.1 Å². The molecule has 1 heterocycles. The molecule has 0 aromatic carbocycles. The maximum absolute atomic E-state index is 13.2. The number of nitrogens with zero attached hydrogens (tertiary/aromatic N) is 1. The molecule has 3 rings (SSSR count). The Morgan fingerprint density at radius 2 is 1.76 bits per heavy atom. The average Bonchev–Trinajstić information content (AvgIpc) is 2.79. The Morgan fingerprint density at radius 1 is 1.03 bits per heavy atom. The van der Waals surface area contributed by atoms with Crippen molar-refractivity contribution in [3.05, 3.63) is 0 Å². The van der Waals surface area contributed by atoms with Crippen molar-refractivity contribution in [2.45, 2.75) is 116 Å². The first kappa shape index (κ1) is 26.5. The zero-order valence-electron chi connectivity index (χ0n) is 21.3. The van der Waals surface area contributed by atoms with Gasteiger partial charge < -0.3 is 20.1 Å². The first-order valence-corrected chi connectivity index (χ1v) is 13.8. The second kappa shape index (κ2) is 13.1. The van der Waals surface area contributed by atoms with Gasteiger partial charge in [0.1, 0.15) is 0 Å². The van der Waals surface area contributed by atoms with Crippen molar-refractivity contribution in [2.24, 2.45) is 23.7 Å². The number of carbonyl (C=O) groups is 2. The van der Waals surface area contributed by atoms with E-state index < -0.39 is 11.9 Å². The molecule has 33 heavy (non-hydrogen) atoms. The summed E-state index contributed by atoms with van der Waals surface area (Å²) in [7, 11) is 0. The standard InChI is InChI=1S/C27H48N2O4/c1-4-33-25-17-20(12-13-22(25)27(31)32)18-26(30)28-23(16-19(2)3)21-10-6-7-11-24(21)29-14-8-5-9-15-29/h19-25H,4-18H2,1-3H3,(H,28,30)(H,31,32). The SMILES string of the molecule is CCOC1CC(CC(=O)NC(CC(C)C)C2CCCCC2N2CCCCC2)CCC1C(=O)O. The lowest BCUT2D eigenvalue weighted by Gasteiger charge is -2.45. The smallest absolute Gasteiger partial charge is 0.309 e. The lowest BCUT2D eigenvalue weighted by Crippen LogP contribution is -2.53. The highest BCUT2D eigenvalue weighted by atomic mass is 16.5. The van der Waals surface area contributed by atoms with Crippen LogP contribution in [0.1, 0.15) is 97.8 Å². The molecule has 3 fully saturated rings. The number of hydrogen-bond donors (Lipinski definition) is 2. The maximum atomic E-state index is 13.2. The normalized spacial score (nSPS) is 32.4. The van der Waals surface area contributed by atoms with Gasteiger partial charge in [0.15, 0.2) is 0 Å². The quantitative estimate of drug-likeness (QED) is 0.483. The van der Waals surface area contributed by atoms with Crippen molar-refractivity contribution in [2.75, 3.05) is 19.7 Å². The Morgan fingerprint density at radius 3 is 2.42 bits per heavy atom. The van der Waals surface area contributed by atoms with Crippen LogP contribution in [-0.2, 0) is 14.3 Å². The predicted molar refractivity (Wildman–Crippen MR) is 131 cm³/mol. The molecule has 0 bridgehead atoms. The molecule has 0 spiro atoms. The first-order chi connectivity index (χ1) is 15.9. The summed E-state index contributed by atoms with van der Waals surface area (Å²) in [6.45, 7) is 9.39. The van der Waals surface area contributed by atoms with E-state index in [0.29, 0.717) is 43.7 Å². The van der Waals surface area contributed by atoms with Gasteiger partial charge in [-0.2, -0.15) is 0 Å². The molecule has 190 valence electrons. The molecule has 6 atom stereocenters. The minimum atomic E-state index is -0.769. The van der Waals surface area contributed by atoms with Crippen LogP contribution >= 0.6 is 0 Å². The van der Waals surface area contributed by atoms with Crippen LogP contribution < -0.4 is 5.32 Å². The summed E-state index contributed by atoms with van der Waals surface area (Å²) in [5.41, 5.74) is 0. The number of hydrogen-bond acceptors (Lipinski definition) is 4. The average molecular weight is 465 g/mol. The van der Waals surface area contributed by atoms with Gasteiger partial charge >= 0.3 is 5.97 Å². The fourth-order valence-corrected chi connectivity index (χ4v) is 6.77. The van der Waals surface area contributed by atoms with Gasteiger partial charge in [0.25, 0.3) is 0 Å². The second-order valence-corrected chi connectivity index (χ2v) is 11.2. The van der Waals surface area contributed by atoms with E-state index in [2.05, 4.69) is 24.1 Å². The molecular weight excluding hydrogens is 416 g/mol. The lowest BCUT2D eigenvalue weighted by molar-refractivity contribution is -0.150. The van der Waals surface area contributed by atoms with Crippen molar-refractivity contribution in [1.29, 1.82) is 0 Å². The van der Waals surface area contributed by atoms with Crippen molar-refractivity contribution in [3.8, 4) is 0 Å². The van der Waals surface area contributed by atoms with Crippen LogP contribution in [0.2, 0.25) is 0 Å². The largest absolute Gasteiger partial charge is 0.481 e. The Balaban J connectivity index is 1.62. The molecule has 2 aliphatic carbocycles. The number of carboxylic acid groups (broad SMARTS) is 1. The van der Waals surface area contributed by atoms with Gasteiger partial charge in [-0.25, -0.2) is 0 Å². The molecule has 0 radical (unpaired) electrons. The number of carbonyl (C=O) groups excluding carboxylic acids is 1. The van der Waals surface area contributed by atoms with E-state index in [-0.39, 0.29) is 24.0 Å². The first-order valence-electron chi connectivity index (χ1n) is 13.8. The van der Waals surface area contributed by atoms with E-state index in [1.54, 1.807) is 0 Å². The van der Waals surface area contributed by atoms with Crippen molar-refractivity contribution in [1.82, 2.24) is 10.2 Å². The minimum Gasteiger partial charge on any atom is -0.481 e. The fraction of sp³-hybridized carbons (Fsp3) is 0.926. The highest BCUT2D eigenvalue weighted by Crippen LogP contribution is 2.36. The van der Waals surface area contributed by atoms with Crippen LogP contribution in [0.25, 0.3) is 0 Å². The summed E-state index contributed by atoms with van der Waals surface area (Å²) in [4.78, 5) is 27.5. The number of likely N-dealkylation sites (tertiary alicyclic amines) is 1. The number of amides is 1. The molecule has 3 aliphatic rings. The van der Waals surface area contributed by atoms with Crippen LogP contribution in [0.3, 0.4) is 0 Å². The molecular formula is C27H48N2O4. The number of piperidine rings is 1. The molecule has 6 unspecified atom stereocenters. The summed E-state index contributed by atoms with van der Waals surface area (Å²) < 4.78 is 5.76. The van der Waals surface area contributed by atoms with Crippen LogP contribution in [0.5, 0.6) is 0 Å². The molecule has 2 N–H and O–H groups in total. The van der Waals surface area contributed by atoms with Gasteiger partial charge in [-0.15, -0.1) is 0 Å². The van der Waals surface area contributed by atoms with E-state index in [9.17, 15) is 14.7 Å². The van der Waals surface area contributed by atoms with Crippen molar-refractivity contribution < 1.29 is 19.4 Å². The van der Waals surface area contributed by atoms with Crippen molar-refractivity contribution >= 4 is 11.9 Å². The summed E-state index contributed by atoms with van der Waals surface area (Å²) >= 11 is 0. The molecule has 2 saturated carbocycles. The molecule has 0 aromatic rings. The summed E-state index contributed by atoms with van der Waals surface area (Å²) in [6.07, 6.45) is 12.4. The number of rotatable bonds is 10. The van der Waals surface area contributed by atoms with Crippen molar-refractivity contribution in [3.63, 3.8) is 0 Å². The Hall–Kier alpha value is -1.14. The predicted octanol–water partition coefficient (Wildman–Crippen LogP) is 4.86. The Labute approximate surface area is 201 Å². The number of carboxylic acids is 1. The van der Waals surface area contributed by atoms with Gasteiger partial charge in [-0.1, -0.05) is 33.1 Å². The Kier molecular flexibility index (Phi) is 10.5. The van der Waals surface area contributed by atoms with Gasteiger partial charge in [0, 0.05) is 25.1 Å². The number of aliphatic carboxylic acids is 1. The van der Waals surface area contributed by atoms with E-state index in [1.807, 2.05) is 6.92 Å². The zero-order valence-corrected chi connectivity index (χ0v) is 21.3. The summed E-state index contributed by atoms with van der Waals surface area (Å²) in [5, 5.41) is 13.0. The van der Waals surface area contributed by atoms with Crippen LogP contribution in [-0.4, -0.2) is 59.8 Å². The second-order valence-electron chi connectivity index (χ2n) is 11.2. The van der Waals surface area contributed by atoms with Crippen LogP contribution in [0.15, 0.2) is 0 Å². The fourth-order valence-electron chi connectivity index (χ4n) is 6.77. The Bertz CT molecular complexity index is 619. The summed E-state index contributed by atoms with van der Waals surface area (Å²) in [6, 6.07) is 0.846. The molecule has 0 aromatic heterocycles. The monoisotopic (exact) mass is 464 g/mol. The van der Waals surface area contributed by atoms with E-state index in [1.165, 1.54) is 58.0 Å². The van der Waals surface area contributed by atoms with Gasteiger partial charge in [-0.3, -0.25) is 9.59 Å². The lowest BCUT2D eigenvalue weighted by atomic mass is 9.75. The zero-order chi connectivity index (χ0) is 23.8. The van der Waals surface area contributed by atoms with E-state index in [4.69, 9.17) is 4.74 Å². The van der Waals surface area contributed by atoms with Gasteiger partial charge in [0.05, 0.1) is 12.0 Å². The molecule has 6 nitrogen and oxygen atoms in total. The third kappa shape index (κ3) is 7.68. The number of ether oxygens (including phenoxy) is 1. The molecule has 1 amide bonds. The van der Waals surface area contributed by atoms with Crippen LogP contribution in [0.4, 0.5) is 0 Å². The molecule has 6 heteroatoms. The third-order valence-corrected chi connectivity index (χ3v) is 8.30. The highest BCUT2D eigenvalue weighted by Gasteiger charge is 2.39. The van der Waals surface area contributed by atoms with Gasteiger partial charge in [0.2, 0.25) is 5.91 Å². The third-order valence-electron chi connectivity index (χ3n) is 8.30. The minimum absolute atomic E-state index is 0.151. The molecule has 1 saturated heterocycles. The van der Waals surface area contributed by atoms with Crippen LogP contribution in [0, 0.1) is 23.7 Å². The molecule has 1 aliphatic heterocycles. The maximum Gasteiger partial charge on any atom is 0.309 e. The topological polar surface area (TPSA) is 78.9 Å². The van der Waals surface area contributed by atoms with E-state index >= 15 is 0 Å². The van der Waals surface area contributed by atoms with E-state index in [0.717, 1.165) is 12.8 Å². The highest BCUT2D eigenvalue weighted by molar-refractivity contribution is 5.76. The summed E-state index contributed by atoms with van der Waals surface area (Å²) in [5.74, 6) is 0.244.